The second-order valence-corrected chi connectivity index (χ2v) is 3.78. The van der Waals surface area contributed by atoms with E-state index in [4.69, 9.17) is 9.47 Å². The summed E-state index contributed by atoms with van der Waals surface area (Å²) in [7, 11) is 0. The third-order valence-electron chi connectivity index (χ3n) is 2.48. The van der Waals surface area contributed by atoms with E-state index in [9.17, 15) is 9.59 Å². The maximum Gasteiger partial charge on any atom is 0.333 e. The highest BCUT2D eigenvalue weighted by Gasteiger charge is 2.29. The summed E-state index contributed by atoms with van der Waals surface area (Å²) in [6.45, 7) is 5.52. The summed E-state index contributed by atoms with van der Waals surface area (Å²) in [6, 6.07) is 0. The van der Waals surface area contributed by atoms with Gasteiger partial charge >= 0.3 is 5.97 Å². The number of ether oxygens (including phenoxy) is 2. The Labute approximate surface area is 89.2 Å². The van der Waals surface area contributed by atoms with E-state index in [2.05, 4.69) is 6.58 Å². The molecule has 4 nitrogen and oxygen atoms in total. The van der Waals surface area contributed by atoms with Gasteiger partial charge in [-0.05, 0) is 32.6 Å². The minimum Gasteiger partial charge on any atom is -0.461 e. The zero-order chi connectivity index (χ0) is 11.3. The number of carbonyl (C=O) groups is 2. The molecule has 1 aliphatic carbocycles. The molecule has 0 N–H and O–H groups in total. The van der Waals surface area contributed by atoms with Crippen molar-refractivity contribution in [2.24, 2.45) is 0 Å². The zero-order valence-corrected chi connectivity index (χ0v) is 8.90. The van der Waals surface area contributed by atoms with E-state index in [1.807, 2.05) is 0 Å². The normalized spacial score (nSPS) is 25.4. The molecule has 1 aliphatic rings. The van der Waals surface area contributed by atoms with E-state index >= 15 is 0 Å². The molecule has 1 saturated carbocycles. The minimum atomic E-state index is -0.415. The van der Waals surface area contributed by atoms with Gasteiger partial charge in [0.25, 0.3) is 6.47 Å². The molecule has 2 atom stereocenters. The minimum absolute atomic E-state index is 0.292. The Bertz CT molecular complexity index is 259. The van der Waals surface area contributed by atoms with Gasteiger partial charge in [0.1, 0.15) is 12.2 Å². The van der Waals surface area contributed by atoms with Gasteiger partial charge in [-0.15, -0.1) is 0 Å². The second kappa shape index (κ2) is 5.53. The number of carbonyl (C=O) groups excluding carboxylic acids is 2. The van der Waals surface area contributed by atoms with Gasteiger partial charge in [0.15, 0.2) is 0 Å². The van der Waals surface area contributed by atoms with Gasteiger partial charge in [0.05, 0.1) is 0 Å². The van der Waals surface area contributed by atoms with E-state index in [1.54, 1.807) is 6.92 Å². The van der Waals surface area contributed by atoms with E-state index in [-0.39, 0.29) is 12.2 Å². The van der Waals surface area contributed by atoms with E-state index in [0.29, 0.717) is 12.0 Å². The molecule has 0 saturated heterocycles. The first-order chi connectivity index (χ1) is 7.15. The molecule has 0 radical (unpaired) electrons. The summed E-state index contributed by atoms with van der Waals surface area (Å²) in [5.41, 5.74) is 0.366. The average Bonchev–Trinajstić information content (AvgIpc) is 2.21. The van der Waals surface area contributed by atoms with Crippen molar-refractivity contribution in [1.29, 1.82) is 0 Å². The van der Waals surface area contributed by atoms with Gasteiger partial charge in [0.2, 0.25) is 0 Å². The van der Waals surface area contributed by atoms with Crippen LogP contribution >= 0.6 is 0 Å². The van der Waals surface area contributed by atoms with E-state index < -0.39 is 5.97 Å². The molecule has 0 aromatic heterocycles. The largest absolute Gasteiger partial charge is 0.461 e. The molecule has 1 rings (SSSR count). The predicted octanol–water partition coefficient (Wildman–Crippen LogP) is 1.59. The predicted molar refractivity (Wildman–Crippen MR) is 54.1 cm³/mol. The summed E-state index contributed by atoms with van der Waals surface area (Å²) < 4.78 is 10.1. The smallest absolute Gasteiger partial charge is 0.333 e. The maximum atomic E-state index is 11.3. The SMILES string of the molecule is C=C(C)C(=O)OC1CCCCC1OC=O. The summed E-state index contributed by atoms with van der Waals surface area (Å²) in [4.78, 5) is 21.6. The van der Waals surface area contributed by atoms with Gasteiger partial charge in [-0.25, -0.2) is 4.79 Å². The zero-order valence-electron chi connectivity index (χ0n) is 8.90. The molecule has 0 aromatic rings. The number of esters is 1. The molecule has 0 heterocycles. The van der Waals surface area contributed by atoms with E-state index in [0.717, 1.165) is 25.7 Å². The lowest BCUT2D eigenvalue weighted by atomic mass is 9.94. The molecule has 15 heavy (non-hydrogen) atoms. The summed E-state index contributed by atoms with van der Waals surface area (Å²) >= 11 is 0. The average molecular weight is 212 g/mol. The Morgan fingerprint density at radius 3 is 2.47 bits per heavy atom. The van der Waals surface area contributed by atoms with Crippen molar-refractivity contribution < 1.29 is 19.1 Å². The lowest BCUT2D eigenvalue weighted by Crippen LogP contribution is -2.36. The Hall–Kier alpha value is -1.32. The highest BCUT2D eigenvalue weighted by atomic mass is 16.6. The van der Waals surface area contributed by atoms with Crippen molar-refractivity contribution in [3.8, 4) is 0 Å². The lowest BCUT2D eigenvalue weighted by Gasteiger charge is -2.29. The Morgan fingerprint density at radius 2 is 1.93 bits per heavy atom. The third-order valence-corrected chi connectivity index (χ3v) is 2.48. The standard InChI is InChI=1S/C11H16O4/c1-8(2)11(13)15-10-6-4-3-5-9(10)14-7-12/h7,9-10H,1,3-6H2,2H3. The summed E-state index contributed by atoms with van der Waals surface area (Å²) in [6.07, 6.45) is 2.89. The Morgan fingerprint density at radius 1 is 1.33 bits per heavy atom. The maximum absolute atomic E-state index is 11.3. The Kier molecular flexibility index (Phi) is 4.34. The van der Waals surface area contributed by atoms with Crippen LogP contribution in [0.2, 0.25) is 0 Å². The molecule has 0 bridgehead atoms. The quantitative estimate of drug-likeness (QED) is 0.403. The number of rotatable bonds is 4. The van der Waals surface area contributed by atoms with Crippen LogP contribution in [0.3, 0.4) is 0 Å². The van der Waals surface area contributed by atoms with Crippen LogP contribution in [-0.4, -0.2) is 24.6 Å². The molecule has 84 valence electrons. The molecule has 4 heteroatoms. The van der Waals surface area contributed by atoms with Gasteiger partial charge in [0, 0.05) is 5.57 Å². The van der Waals surface area contributed by atoms with Crippen molar-refractivity contribution in [2.45, 2.75) is 44.8 Å². The second-order valence-electron chi connectivity index (χ2n) is 3.78. The fourth-order valence-corrected chi connectivity index (χ4v) is 1.66. The van der Waals surface area contributed by atoms with Crippen LogP contribution in [0.25, 0.3) is 0 Å². The first-order valence-corrected chi connectivity index (χ1v) is 5.10. The summed E-state index contributed by atoms with van der Waals surface area (Å²) in [5, 5.41) is 0. The topological polar surface area (TPSA) is 52.6 Å². The lowest BCUT2D eigenvalue weighted by molar-refractivity contribution is -0.161. The van der Waals surface area contributed by atoms with Crippen LogP contribution in [-0.2, 0) is 19.1 Å². The molecule has 0 aliphatic heterocycles. The molecule has 0 spiro atoms. The number of hydrogen-bond acceptors (Lipinski definition) is 4. The van der Waals surface area contributed by atoms with Crippen LogP contribution in [0.5, 0.6) is 0 Å². The molecule has 0 amide bonds. The van der Waals surface area contributed by atoms with Crippen LogP contribution < -0.4 is 0 Å². The molecule has 0 aromatic carbocycles. The van der Waals surface area contributed by atoms with Crippen molar-refractivity contribution in [3.05, 3.63) is 12.2 Å². The Balaban J connectivity index is 2.52. The monoisotopic (exact) mass is 212 g/mol. The van der Waals surface area contributed by atoms with Crippen molar-refractivity contribution in [1.82, 2.24) is 0 Å². The van der Waals surface area contributed by atoms with Crippen LogP contribution in [0.4, 0.5) is 0 Å². The van der Waals surface area contributed by atoms with Crippen LogP contribution in [0, 0.1) is 0 Å². The van der Waals surface area contributed by atoms with Crippen molar-refractivity contribution >= 4 is 12.4 Å². The first-order valence-electron chi connectivity index (χ1n) is 5.10. The van der Waals surface area contributed by atoms with Gasteiger partial charge < -0.3 is 9.47 Å². The molecular weight excluding hydrogens is 196 g/mol. The molecule has 1 fully saturated rings. The van der Waals surface area contributed by atoms with Gasteiger partial charge in [-0.3, -0.25) is 4.79 Å². The first kappa shape index (κ1) is 11.8. The van der Waals surface area contributed by atoms with Crippen molar-refractivity contribution in [2.75, 3.05) is 0 Å². The van der Waals surface area contributed by atoms with E-state index in [1.165, 1.54) is 0 Å². The van der Waals surface area contributed by atoms with Gasteiger partial charge in [-0.2, -0.15) is 0 Å². The van der Waals surface area contributed by atoms with Crippen LogP contribution in [0.1, 0.15) is 32.6 Å². The van der Waals surface area contributed by atoms with Gasteiger partial charge in [-0.1, -0.05) is 6.58 Å². The van der Waals surface area contributed by atoms with Crippen molar-refractivity contribution in [3.63, 3.8) is 0 Å². The van der Waals surface area contributed by atoms with Crippen LogP contribution in [0.15, 0.2) is 12.2 Å². The molecule has 2 unspecified atom stereocenters. The summed E-state index contributed by atoms with van der Waals surface area (Å²) in [5.74, 6) is -0.415. The highest BCUT2D eigenvalue weighted by molar-refractivity contribution is 5.87. The number of hydrogen-bond donors (Lipinski definition) is 0. The fraction of sp³-hybridized carbons (Fsp3) is 0.636. The molecular formula is C11H16O4. The highest BCUT2D eigenvalue weighted by Crippen LogP contribution is 2.24. The fourth-order valence-electron chi connectivity index (χ4n) is 1.66. The third kappa shape index (κ3) is 3.38.